The van der Waals surface area contributed by atoms with Crippen molar-refractivity contribution in [3.05, 3.63) is 23.0 Å². The highest BCUT2D eigenvalue weighted by Crippen LogP contribution is 2.22. The molecule has 0 bridgehead atoms. The minimum absolute atomic E-state index is 0.0829. The number of amides is 1. The van der Waals surface area contributed by atoms with E-state index in [1.54, 1.807) is 19.9 Å². The number of hydrogen-bond acceptors (Lipinski definition) is 5. The fourth-order valence-corrected chi connectivity index (χ4v) is 2.55. The van der Waals surface area contributed by atoms with Gasteiger partial charge in [-0.1, -0.05) is 19.0 Å². The molecule has 0 aliphatic rings. The van der Waals surface area contributed by atoms with Crippen LogP contribution in [0.3, 0.4) is 0 Å². The molecular formula is C16H21N3O4. The second-order valence-electron chi connectivity index (χ2n) is 6.13. The van der Waals surface area contributed by atoms with E-state index in [1.807, 2.05) is 13.8 Å². The van der Waals surface area contributed by atoms with E-state index in [2.05, 4.69) is 15.5 Å². The van der Waals surface area contributed by atoms with Crippen LogP contribution >= 0.6 is 0 Å². The number of nitrogens with zero attached hydrogens (tertiary/aromatic N) is 2. The second kappa shape index (κ2) is 6.76. The van der Waals surface area contributed by atoms with Crippen LogP contribution in [-0.4, -0.2) is 33.7 Å². The molecule has 1 atom stereocenters. The van der Waals surface area contributed by atoms with Crippen LogP contribution in [0.2, 0.25) is 0 Å². The number of rotatable bonds is 6. The Morgan fingerprint density at radius 3 is 2.65 bits per heavy atom. The van der Waals surface area contributed by atoms with Gasteiger partial charge in [-0.2, -0.15) is 0 Å². The van der Waals surface area contributed by atoms with E-state index in [-0.39, 0.29) is 18.4 Å². The van der Waals surface area contributed by atoms with Crippen molar-refractivity contribution < 1.29 is 19.2 Å². The number of hydrogen-bond donors (Lipinski definition) is 2. The van der Waals surface area contributed by atoms with Crippen LogP contribution in [-0.2, 0) is 4.79 Å². The molecule has 0 aromatic carbocycles. The van der Waals surface area contributed by atoms with Gasteiger partial charge in [-0.05, 0) is 32.3 Å². The Balaban J connectivity index is 2.21. The molecule has 0 radical (unpaired) electrons. The minimum Gasteiger partial charge on any atom is -0.481 e. The molecule has 7 nitrogen and oxygen atoms in total. The van der Waals surface area contributed by atoms with E-state index in [1.165, 1.54) is 0 Å². The summed E-state index contributed by atoms with van der Waals surface area (Å²) in [4.78, 5) is 27.9. The summed E-state index contributed by atoms with van der Waals surface area (Å²) in [5, 5.41) is 16.3. The Kier molecular flexibility index (Phi) is 4.98. The first-order valence-electron chi connectivity index (χ1n) is 7.54. The Labute approximate surface area is 134 Å². The van der Waals surface area contributed by atoms with Gasteiger partial charge in [0.15, 0.2) is 0 Å². The first kappa shape index (κ1) is 16.9. The minimum atomic E-state index is -0.906. The summed E-state index contributed by atoms with van der Waals surface area (Å²) in [6.45, 7) is 7.48. The molecule has 0 aliphatic heterocycles. The van der Waals surface area contributed by atoms with Crippen molar-refractivity contribution >= 4 is 23.0 Å². The second-order valence-corrected chi connectivity index (χ2v) is 6.13. The van der Waals surface area contributed by atoms with Gasteiger partial charge in [-0.25, -0.2) is 4.98 Å². The van der Waals surface area contributed by atoms with Crippen LogP contribution in [0, 0.1) is 25.7 Å². The third-order valence-electron chi connectivity index (χ3n) is 3.60. The molecule has 2 aromatic rings. The maximum absolute atomic E-state index is 12.5. The zero-order valence-corrected chi connectivity index (χ0v) is 13.7. The van der Waals surface area contributed by atoms with Gasteiger partial charge in [0.2, 0.25) is 0 Å². The van der Waals surface area contributed by atoms with Gasteiger partial charge < -0.3 is 14.9 Å². The normalized spacial score (nSPS) is 12.6. The van der Waals surface area contributed by atoms with Gasteiger partial charge in [-0.3, -0.25) is 9.59 Å². The highest BCUT2D eigenvalue weighted by Gasteiger charge is 2.22. The molecule has 1 amide bonds. The monoisotopic (exact) mass is 319 g/mol. The lowest BCUT2D eigenvalue weighted by Crippen LogP contribution is -2.33. The molecule has 0 fully saturated rings. The molecule has 2 N–H and O–H groups in total. The van der Waals surface area contributed by atoms with Crippen LogP contribution in [0.15, 0.2) is 10.6 Å². The Morgan fingerprint density at radius 1 is 1.35 bits per heavy atom. The Hall–Kier alpha value is -2.44. The molecule has 2 rings (SSSR count). The number of carbonyl (C=O) groups excluding carboxylic acids is 1. The summed E-state index contributed by atoms with van der Waals surface area (Å²) in [6, 6.07) is 1.65. The van der Waals surface area contributed by atoms with Crippen molar-refractivity contribution in [2.24, 2.45) is 11.8 Å². The van der Waals surface area contributed by atoms with Gasteiger partial charge in [0, 0.05) is 12.2 Å². The van der Waals surface area contributed by atoms with Gasteiger partial charge in [-0.15, -0.1) is 0 Å². The van der Waals surface area contributed by atoms with Crippen LogP contribution in [0.1, 0.15) is 42.0 Å². The van der Waals surface area contributed by atoms with E-state index in [0.717, 1.165) is 0 Å². The fraction of sp³-hybridized carbons (Fsp3) is 0.500. The van der Waals surface area contributed by atoms with Crippen molar-refractivity contribution in [2.45, 2.75) is 34.1 Å². The van der Waals surface area contributed by atoms with Gasteiger partial charge in [0.25, 0.3) is 11.6 Å². The largest absolute Gasteiger partial charge is 0.481 e. The third kappa shape index (κ3) is 3.85. The smallest absolute Gasteiger partial charge is 0.308 e. The molecular weight excluding hydrogens is 298 g/mol. The first-order chi connectivity index (χ1) is 10.8. The van der Waals surface area contributed by atoms with Crippen LogP contribution in [0.4, 0.5) is 0 Å². The lowest BCUT2D eigenvalue weighted by atomic mass is 9.97. The van der Waals surface area contributed by atoms with Gasteiger partial charge >= 0.3 is 5.97 Å². The predicted octanol–water partition coefficient (Wildman–Crippen LogP) is 2.32. The average molecular weight is 319 g/mol. The number of aliphatic carboxylic acids is 1. The number of aromatic nitrogens is 2. The zero-order valence-electron chi connectivity index (χ0n) is 13.7. The highest BCUT2D eigenvalue weighted by molar-refractivity contribution is 6.06. The summed E-state index contributed by atoms with van der Waals surface area (Å²) in [6.07, 6.45) is 0.507. The first-order valence-corrected chi connectivity index (χ1v) is 7.54. The molecule has 0 saturated carbocycles. The van der Waals surface area contributed by atoms with E-state index in [4.69, 9.17) is 4.52 Å². The molecule has 0 spiro atoms. The predicted molar refractivity (Wildman–Crippen MR) is 84.2 cm³/mol. The van der Waals surface area contributed by atoms with E-state index in [0.29, 0.717) is 34.5 Å². The number of carboxylic acids is 1. The zero-order chi connectivity index (χ0) is 17.1. The quantitative estimate of drug-likeness (QED) is 0.846. The summed E-state index contributed by atoms with van der Waals surface area (Å²) in [5.41, 5.74) is 1.93. The van der Waals surface area contributed by atoms with Crippen molar-refractivity contribution in [3.63, 3.8) is 0 Å². The van der Waals surface area contributed by atoms with Crippen molar-refractivity contribution in [2.75, 3.05) is 6.54 Å². The summed E-state index contributed by atoms with van der Waals surface area (Å²) >= 11 is 0. The number of fused-ring (bicyclic) bond motifs is 1. The molecule has 124 valence electrons. The Bertz CT molecular complexity index is 736. The number of aryl methyl sites for hydroxylation is 2. The highest BCUT2D eigenvalue weighted by atomic mass is 16.5. The fourth-order valence-electron chi connectivity index (χ4n) is 2.55. The van der Waals surface area contributed by atoms with Gasteiger partial charge in [0.05, 0.1) is 22.6 Å². The molecule has 23 heavy (non-hydrogen) atoms. The maximum Gasteiger partial charge on any atom is 0.308 e. The molecule has 7 heteroatoms. The summed E-state index contributed by atoms with van der Waals surface area (Å²) in [7, 11) is 0. The van der Waals surface area contributed by atoms with E-state index < -0.39 is 11.9 Å². The number of carboxylic acid groups (broad SMARTS) is 1. The van der Waals surface area contributed by atoms with Crippen LogP contribution < -0.4 is 5.32 Å². The summed E-state index contributed by atoms with van der Waals surface area (Å²) in [5.74, 6) is -1.62. The van der Waals surface area contributed by atoms with Gasteiger partial charge in [0.1, 0.15) is 0 Å². The summed E-state index contributed by atoms with van der Waals surface area (Å²) < 4.78 is 5.10. The number of nitrogens with one attached hydrogen (secondary N) is 1. The molecule has 0 saturated heterocycles. The number of carbonyl (C=O) groups is 2. The number of pyridine rings is 1. The van der Waals surface area contributed by atoms with E-state index >= 15 is 0 Å². The topological polar surface area (TPSA) is 105 Å². The lowest BCUT2D eigenvalue weighted by Gasteiger charge is -2.15. The third-order valence-corrected chi connectivity index (χ3v) is 3.60. The molecule has 2 aromatic heterocycles. The Morgan fingerprint density at radius 2 is 2.04 bits per heavy atom. The molecule has 2 heterocycles. The van der Waals surface area contributed by atoms with Crippen LogP contribution in [0.25, 0.3) is 11.1 Å². The SMILES string of the molecule is Cc1cc(C(=O)NCC(CC(C)C)C(=O)O)c2c(C)noc2n1. The van der Waals surface area contributed by atoms with E-state index in [9.17, 15) is 14.7 Å². The van der Waals surface area contributed by atoms with Crippen molar-refractivity contribution in [1.82, 2.24) is 15.5 Å². The van der Waals surface area contributed by atoms with Crippen molar-refractivity contribution in [3.8, 4) is 0 Å². The maximum atomic E-state index is 12.5. The molecule has 1 unspecified atom stereocenters. The average Bonchev–Trinajstić information content (AvgIpc) is 2.82. The lowest BCUT2D eigenvalue weighted by molar-refractivity contribution is -0.142. The molecule has 0 aliphatic carbocycles. The van der Waals surface area contributed by atoms with Crippen LogP contribution in [0.5, 0.6) is 0 Å². The standard InChI is InChI=1S/C16H21N3O4/c1-8(2)5-11(16(21)22)7-17-14(20)12-6-9(3)18-15-13(12)10(4)19-23-15/h6,8,11H,5,7H2,1-4H3,(H,17,20)(H,21,22). The van der Waals surface area contributed by atoms with Crippen molar-refractivity contribution in [1.29, 1.82) is 0 Å².